The first-order valence-corrected chi connectivity index (χ1v) is 4.33. The zero-order valence-electron chi connectivity index (χ0n) is 8.24. The van der Waals surface area contributed by atoms with E-state index in [0.29, 0.717) is 0 Å². The smallest absolute Gasteiger partial charge is 0.338 e. The number of aromatic nitrogens is 1. The molecule has 1 aromatic rings. The van der Waals surface area contributed by atoms with Crippen molar-refractivity contribution in [2.45, 2.75) is 12.2 Å². The lowest BCUT2D eigenvalue weighted by Crippen LogP contribution is -2.29. The fraction of sp³-hybridized carbons (Fsp3) is 0.222. The molecule has 0 amide bonds. The number of aromatic carboxylic acids is 1. The quantitative estimate of drug-likeness (QED) is 0.557. The van der Waals surface area contributed by atoms with Crippen molar-refractivity contribution >= 4 is 11.9 Å². The normalized spacial score (nSPS) is 14.1. The molecule has 7 nitrogen and oxygen atoms in total. The molecule has 0 fully saturated rings. The number of halogens is 1. The van der Waals surface area contributed by atoms with Gasteiger partial charge in [0.05, 0.1) is 5.56 Å². The van der Waals surface area contributed by atoms with Crippen LogP contribution < -0.4 is 0 Å². The Labute approximate surface area is 93.8 Å². The van der Waals surface area contributed by atoms with E-state index < -0.39 is 41.2 Å². The molecule has 0 saturated carbocycles. The molecule has 0 aromatic carbocycles. The molecule has 1 rings (SSSR count). The predicted octanol–water partition coefficient (Wildman–Crippen LogP) is -0.602. The molecule has 0 aliphatic carbocycles. The number of nitrogens with zero attached hydrogens (tertiary/aromatic N) is 1. The molecule has 0 aliphatic heterocycles. The van der Waals surface area contributed by atoms with Crippen molar-refractivity contribution in [3.05, 3.63) is 29.3 Å². The average molecular weight is 245 g/mol. The van der Waals surface area contributed by atoms with E-state index in [-0.39, 0.29) is 0 Å². The molecule has 1 aromatic heterocycles. The summed E-state index contributed by atoms with van der Waals surface area (Å²) in [6.45, 7) is 0. The second kappa shape index (κ2) is 4.85. The van der Waals surface area contributed by atoms with E-state index in [1.807, 2.05) is 0 Å². The molecule has 92 valence electrons. The Morgan fingerprint density at radius 1 is 1.29 bits per heavy atom. The van der Waals surface area contributed by atoms with Gasteiger partial charge in [-0.15, -0.1) is 0 Å². The summed E-state index contributed by atoms with van der Waals surface area (Å²) in [6, 6.07) is 0.848. The van der Waals surface area contributed by atoms with Gasteiger partial charge >= 0.3 is 11.9 Å². The van der Waals surface area contributed by atoms with E-state index in [2.05, 4.69) is 4.98 Å². The van der Waals surface area contributed by atoms with Crippen LogP contribution in [0.3, 0.4) is 0 Å². The maximum Gasteiger partial charge on any atom is 0.338 e. The molecular formula is C9H8FNO6. The molecule has 0 saturated heterocycles. The molecule has 4 N–H and O–H groups in total. The molecule has 0 radical (unpaired) electrons. The molecule has 0 aliphatic rings. The van der Waals surface area contributed by atoms with Crippen LogP contribution in [0.5, 0.6) is 0 Å². The second-order valence-electron chi connectivity index (χ2n) is 3.09. The maximum atomic E-state index is 13.5. The summed E-state index contributed by atoms with van der Waals surface area (Å²) in [4.78, 5) is 24.3. The lowest BCUT2D eigenvalue weighted by atomic mass is 10.1. The predicted molar refractivity (Wildman–Crippen MR) is 49.8 cm³/mol. The van der Waals surface area contributed by atoms with Gasteiger partial charge in [-0.3, -0.25) is 4.98 Å². The summed E-state index contributed by atoms with van der Waals surface area (Å²) in [5, 5.41) is 35.3. The molecule has 8 heteroatoms. The Morgan fingerprint density at radius 2 is 1.88 bits per heavy atom. The Bertz CT molecular complexity index is 463. The highest BCUT2D eigenvalue weighted by molar-refractivity contribution is 5.88. The summed E-state index contributed by atoms with van der Waals surface area (Å²) >= 11 is 0. The van der Waals surface area contributed by atoms with E-state index >= 15 is 0 Å². The van der Waals surface area contributed by atoms with Crippen molar-refractivity contribution < 1.29 is 34.4 Å². The summed E-state index contributed by atoms with van der Waals surface area (Å²) in [5.41, 5.74) is -1.61. The van der Waals surface area contributed by atoms with E-state index in [1.54, 1.807) is 0 Å². The van der Waals surface area contributed by atoms with Crippen molar-refractivity contribution in [3.8, 4) is 0 Å². The summed E-state index contributed by atoms with van der Waals surface area (Å²) in [6.07, 6.45) is -3.55. The first-order valence-electron chi connectivity index (χ1n) is 4.33. The van der Waals surface area contributed by atoms with Crippen LogP contribution in [0, 0.1) is 5.82 Å². The van der Waals surface area contributed by atoms with Gasteiger partial charge in [0.1, 0.15) is 11.8 Å². The van der Waals surface area contributed by atoms with Crippen LogP contribution in [-0.2, 0) is 4.79 Å². The number of carboxylic acid groups (broad SMARTS) is 2. The Hall–Kier alpha value is -2.06. The molecule has 0 bridgehead atoms. The van der Waals surface area contributed by atoms with E-state index in [9.17, 15) is 19.1 Å². The van der Waals surface area contributed by atoms with Crippen LogP contribution in [-0.4, -0.2) is 43.5 Å². The third-order valence-corrected chi connectivity index (χ3v) is 1.98. The number of hydrogen-bond donors (Lipinski definition) is 4. The summed E-state index contributed by atoms with van der Waals surface area (Å²) in [5.74, 6) is -4.75. The fourth-order valence-corrected chi connectivity index (χ4v) is 1.12. The van der Waals surface area contributed by atoms with Crippen molar-refractivity contribution in [2.24, 2.45) is 0 Å². The first kappa shape index (κ1) is 13.0. The topological polar surface area (TPSA) is 128 Å². The molecule has 17 heavy (non-hydrogen) atoms. The minimum absolute atomic E-state index is 0.772. The van der Waals surface area contributed by atoms with Gasteiger partial charge in [0.25, 0.3) is 0 Å². The Kier molecular flexibility index (Phi) is 3.71. The largest absolute Gasteiger partial charge is 0.479 e. The van der Waals surface area contributed by atoms with Crippen LogP contribution >= 0.6 is 0 Å². The number of aliphatic hydroxyl groups excluding tert-OH is 2. The summed E-state index contributed by atoms with van der Waals surface area (Å²) < 4.78 is 13.5. The number of carboxylic acids is 2. The standard InChI is InChI=1S/C9H8FNO6/c10-4-3(8(14)15)1-2-11-5(4)6(12)7(13)9(16)17/h1-2,6-7,12-13H,(H,14,15)(H,16,17). The van der Waals surface area contributed by atoms with Gasteiger partial charge in [0.2, 0.25) is 0 Å². The third kappa shape index (κ3) is 2.55. The number of hydrogen-bond acceptors (Lipinski definition) is 5. The molecule has 1 heterocycles. The van der Waals surface area contributed by atoms with E-state index in [1.165, 1.54) is 0 Å². The van der Waals surface area contributed by atoms with E-state index in [4.69, 9.17) is 15.3 Å². The second-order valence-corrected chi connectivity index (χ2v) is 3.09. The van der Waals surface area contributed by atoms with Gasteiger partial charge in [-0.05, 0) is 6.07 Å². The van der Waals surface area contributed by atoms with Crippen LogP contribution in [0.25, 0.3) is 0 Å². The van der Waals surface area contributed by atoms with Crippen LogP contribution in [0.15, 0.2) is 12.3 Å². The van der Waals surface area contributed by atoms with Crippen molar-refractivity contribution in [2.75, 3.05) is 0 Å². The van der Waals surface area contributed by atoms with Crippen molar-refractivity contribution in [3.63, 3.8) is 0 Å². The highest BCUT2D eigenvalue weighted by Crippen LogP contribution is 2.20. The van der Waals surface area contributed by atoms with Gasteiger partial charge < -0.3 is 20.4 Å². The lowest BCUT2D eigenvalue weighted by molar-refractivity contribution is -0.153. The Balaban J connectivity index is 3.19. The molecule has 2 atom stereocenters. The summed E-state index contributed by atoms with van der Waals surface area (Å²) in [7, 11) is 0. The molecular weight excluding hydrogens is 237 g/mol. The third-order valence-electron chi connectivity index (χ3n) is 1.98. The SMILES string of the molecule is O=C(O)c1ccnc(C(O)C(O)C(=O)O)c1F. The van der Waals surface area contributed by atoms with Crippen LogP contribution in [0.4, 0.5) is 4.39 Å². The minimum atomic E-state index is -2.29. The van der Waals surface area contributed by atoms with Gasteiger partial charge in [0, 0.05) is 6.20 Å². The highest BCUT2D eigenvalue weighted by Gasteiger charge is 2.30. The van der Waals surface area contributed by atoms with Gasteiger partial charge in [-0.2, -0.15) is 0 Å². The fourth-order valence-electron chi connectivity index (χ4n) is 1.12. The van der Waals surface area contributed by atoms with Gasteiger partial charge in [0.15, 0.2) is 11.9 Å². The molecule has 2 unspecified atom stereocenters. The minimum Gasteiger partial charge on any atom is -0.479 e. The number of aliphatic carboxylic acids is 1. The molecule has 0 spiro atoms. The van der Waals surface area contributed by atoms with Crippen LogP contribution in [0.1, 0.15) is 22.2 Å². The van der Waals surface area contributed by atoms with Crippen molar-refractivity contribution in [1.29, 1.82) is 0 Å². The van der Waals surface area contributed by atoms with Crippen molar-refractivity contribution in [1.82, 2.24) is 4.98 Å². The zero-order valence-corrected chi connectivity index (χ0v) is 8.24. The van der Waals surface area contributed by atoms with Gasteiger partial charge in [-0.25, -0.2) is 14.0 Å². The van der Waals surface area contributed by atoms with Gasteiger partial charge in [-0.1, -0.05) is 0 Å². The van der Waals surface area contributed by atoms with E-state index in [0.717, 1.165) is 12.3 Å². The lowest BCUT2D eigenvalue weighted by Gasteiger charge is -2.14. The Morgan fingerprint density at radius 3 is 2.35 bits per heavy atom. The zero-order chi connectivity index (χ0) is 13.2. The number of pyridine rings is 1. The number of carbonyl (C=O) groups is 2. The monoisotopic (exact) mass is 245 g/mol. The maximum absolute atomic E-state index is 13.5. The first-order chi connectivity index (χ1) is 7.86. The number of rotatable bonds is 4. The average Bonchev–Trinajstić information content (AvgIpc) is 2.26. The number of aliphatic hydroxyl groups is 2. The highest BCUT2D eigenvalue weighted by atomic mass is 19.1. The van der Waals surface area contributed by atoms with Crippen LogP contribution in [0.2, 0.25) is 0 Å².